The second-order valence-corrected chi connectivity index (χ2v) is 5.76. The summed E-state index contributed by atoms with van der Waals surface area (Å²) in [5.41, 5.74) is 6.90. The van der Waals surface area contributed by atoms with Crippen LogP contribution in [0.2, 0.25) is 0 Å². The second kappa shape index (κ2) is 6.36. The molecule has 18 heavy (non-hydrogen) atoms. The van der Waals surface area contributed by atoms with Gasteiger partial charge in [-0.2, -0.15) is 16.7 Å². The first-order valence-electron chi connectivity index (χ1n) is 5.55. The van der Waals surface area contributed by atoms with Gasteiger partial charge in [0.1, 0.15) is 0 Å². The quantitative estimate of drug-likeness (QED) is 0.913. The van der Waals surface area contributed by atoms with Gasteiger partial charge >= 0.3 is 0 Å². The summed E-state index contributed by atoms with van der Waals surface area (Å²) >= 11 is 5.17. The first-order valence-corrected chi connectivity index (χ1v) is 7.73. The van der Waals surface area contributed by atoms with E-state index < -0.39 is 0 Å². The van der Waals surface area contributed by atoms with Crippen molar-refractivity contribution in [3.05, 3.63) is 34.6 Å². The van der Waals surface area contributed by atoms with Crippen molar-refractivity contribution in [1.29, 1.82) is 0 Å². The van der Waals surface area contributed by atoms with Crippen LogP contribution in [0, 0.1) is 0 Å². The predicted octanol–water partition coefficient (Wildman–Crippen LogP) is 3.25. The van der Waals surface area contributed by atoms with Gasteiger partial charge in [-0.15, -0.1) is 0 Å². The number of nitrogens with zero attached hydrogens (tertiary/aromatic N) is 2. The molecule has 96 valence electrons. The Kier molecular flexibility index (Phi) is 4.79. The maximum absolute atomic E-state index is 5.98. The summed E-state index contributed by atoms with van der Waals surface area (Å²) in [6, 6.07) is 7.58. The Morgan fingerprint density at radius 1 is 1.50 bits per heavy atom. The van der Waals surface area contributed by atoms with Crippen molar-refractivity contribution in [2.24, 2.45) is 5.73 Å². The summed E-state index contributed by atoms with van der Waals surface area (Å²) in [5, 5.41) is 3.96. The average Bonchev–Trinajstić information content (AvgIpc) is 2.85. The van der Waals surface area contributed by atoms with E-state index in [0.29, 0.717) is 11.7 Å². The van der Waals surface area contributed by atoms with Crippen LogP contribution in [0.15, 0.2) is 33.3 Å². The molecule has 2 N–H and O–H groups in total. The topological polar surface area (TPSA) is 64.9 Å². The molecule has 0 bridgehead atoms. The minimum absolute atomic E-state index is 0.189. The molecule has 2 aromatic rings. The van der Waals surface area contributed by atoms with Crippen molar-refractivity contribution in [3.8, 4) is 11.4 Å². The molecule has 4 nitrogen and oxygen atoms in total. The van der Waals surface area contributed by atoms with E-state index in [1.54, 1.807) is 11.8 Å². The number of thioether (sulfide) groups is 1. The van der Waals surface area contributed by atoms with Crippen LogP contribution in [0.5, 0.6) is 0 Å². The van der Waals surface area contributed by atoms with Gasteiger partial charge in [0, 0.05) is 10.0 Å². The number of nitrogens with two attached hydrogens (primary N) is 1. The fraction of sp³-hybridized carbons (Fsp3) is 0.333. The van der Waals surface area contributed by atoms with Crippen LogP contribution in [0.3, 0.4) is 0 Å². The van der Waals surface area contributed by atoms with E-state index in [-0.39, 0.29) is 6.04 Å². The number of hydrogen-bond acceptors (Lipinski definition) is 5. The highest BCUT2D eigenvalue weighted by atomic mass is 79.9. The molecule has 2 rings (SSSR count). The SMILES string of the molecule is CSCC[C@H](N)c1nc(-c2cccc(Br)c2)no1. The minimum atomic E-state index is -0.189. The average molecular weight is 328 g/mol. The maximum Gasteiger partial charge on any atom is 0.243 e. The highest BCUT2D eigenvalue weighted by Gasteiger charge is 2.15. The zero-order valence-electron chi connectivity index (χ0n) is 9.97. The molecule has 1 heterocycles. The first-order chi connectivity index (χ1) is 8.70. The van der Waals surface area contributed by atoms with E-state index in [4.69, 9.17) is 10.3 Å². The molecule has 0 fully saturated rings. The lowest BCUT2D eigenvalue weighted by atomic mass is 10.2. The van der Waals surface area contributed by atoms with Crippen LogP contribution in [0.1, 0.15) is 18.4 Å². The van der Waals surface area contributed by atoms with E-state index >= 15 is 0 Å². The lowest BCUT2D eigenvalue weighted by molar-refractivity contribution is 0.353. The van der Waals surface area contributed by atoms with Crippen molar-refractivity contribution in [2.75, 3.05) is 12.0 Å². The van der Waals surface area contributed by atoms with E-state index in [1.165, 1.54) is 0 Å². The molecule has 1 aromatic heterocycles. The third-order valence-electron chi connectivity index (χ3n) is 2.47. The van der Waals surface area contributed by atoms with Crippen molar-refractivity contribution >= 4 is 27.7 Å². The Balaban J connectivity index is 2.15. The highest BCUT2D eigenvalue weighted by molar-refractivity contribution is 9.10. The van der Waals surface area contributed by atoms with E-state index in [2.05, 4.69) is 26.1 Å². The van der Waals surface area contributed by atoms with Gasteiger partial charge in [-0.1, -0.05) is 33.2 Å². The van der Waals surface area contributed by atoms with Crippen molar-refractivity contribution in [1.82, 2.24) is 10.1 Å². The summed E-state index contributed by atoms with van der Waals surface area (Å²) < 4.78 is 6.19. The zero-order valence-corrected chi connectivity index (χ0v) is 12.4. The Morgan fingerprint density at radius 3 is 3.06 bits per heavy atom. The lowest BCUT2D eigenvalue weighted by Crippen LogP contribution is -2.11. The lowest BCUT2D eigenvalue weighted by Gasteiger charge is -2.03. The number of hydrogen-bond donors (Lipinski definition) is 1. The van der Waals surface area contributed by atoms with Gasteiger partial charge in [-0.05, 0) is 30.6 Å². The van der Waals surface area contributed by atoms with Crippen LogP contribution in [0.25, 0.3) is 11.4 Å². The summed E-state index contributed by atoms with van der Waals surface area (Å²) in [4.78, 5) is 4.34. The molecular weight excluding hydrogens is 314 g/mol. The number of halogens is 1. The van der Waals surface area contributed by atoms with Crippen molar-refractivity contribution < 1.29 is 4.52 Å². The Labute approximate surface area is 118 Å². The Hall–Kier alpha value is -0.850. The van der Waals surface area contributed by atoms with E-state index in [0.717, 1.165) is 22.2 Å². The van der Waals surface area contributed by atoms with Gasteiger partial charge in [-0.3, -0.25) is 0 Å². The van der Waals surface area contributed by atoms with Crippen LogP contribution in [-0.2, 0) is 0 Å². The second-order valence-electron chi connectivity index (χ2n) is 3.85. The molecule has 0 saturated carbocycles. The third-order valence-corrected chi connectivity index (χ3v) is 3.61. The normalized spacial score (nSPS) is 12.6. The molecule has 0 aliphatic carbocycles. The third kappa shape index (κ3) is 3.34. The van der Waals surface area contributed by atoms with Gasteiger partial charge in [-0.25, -0.2) is 0 Å². The minimum Gasteiger partial charge on any atom is -0.337 e. The Bertz CT molecular complexity index is 518. The molecule has 1 atom stereocenters. The van der Waals surface area contributed by atoms with Gasteiger partial charge in [0.2, 0.25) is 11.7 Å². The fourth-order valence-electron chi connectivity index (χ4n) is 1.50. The van der Waals surface area contributed by atoms with Gasteiger partial charge < -0.3 is 10.3 Å². The molecule has 6 heteroatoms. The standard InChI is InChI=1S/C12H14BrN3OS/c1-18-6-5-10(14)12-15-11(16-17-12)8-3-2-4-9(13)7-8/h2-4,7,10H,5-6,14H2,1H3/t10-/m0/s1. The highest BCUT2D eigenvalue weighted by Crippen LogP contribution is 2.22. The van der Waals surface area contributed by atoms with Crippen LogP contribution < -0.4 is 5.73 Å². The predicted molar refractivity (Wildman–Crippen MR) is 77.4 cm³/mol. The molecule has 0 unspecified atom stereocenters. The molecule has 0 saturated heterocycles. The molecule has 0 aliphatic heterocycles. The largest absolute Gasteiger partial charge is 0.337 e. The summed E-state index contributed by atoms with van der Waals surface area (Å²) in [6.07, 6.45) is 2.88. The smallest absolute Gasteiger partial charge is 0.243 e. The van der Waals surface area contributed by atoms with Gasteiger partial charge in [0.15, 0.2) is 0 Å². The zero-order chi connectivity index (χ0) is 13.0. The van der Waals surface area contributed by atoms with Crippen molar-refractivity contribution in [3.63, 3.8) is 0 Å². The van der Waals surface area contributed by atoms with Gasteiger partial charge in [0.05, 0.1) is 6.04 Å². The fourth-order valence-corrected chi connectivity index (χ4v) is 2.39. The first kappa shape index (κ1) is 13.6. The molecule has 0 aliphatic rings. The van der Waals surface area contributed by atoms with Crippen LogP contribution >= 0.6 is 27.7 Å². The summed E-state index contributed by atoms with van der Waals surface area (Å²) in [7, 11) is 0. The molecule has 1 aromatic carbocycles. The number of rotatable bonds is 5. The molecule has 0 spiro atoms. The van der Waals surface area contributed by atoms with Crippen molar-refractivity contribution in [2.45, 2.75) is 12.5 Å². The molecule has 0 amide bonds. The van der Waals surface area contributed by atoms with Gasteiger partial charge in [0.25, 0.3) is 0 Å². The van der Waals surface area contributed by atoms with Crippen LogP contribution in [0.4, 0.5) is 0 Å². The Morgan fingerprint density at radius 2 is 2.33 bits per heavy atom. The number of benzene rings is 1. The van der Waals surface area contributed by atoms with Crippen LogP contribution in [-0.4, -0.2) is 22.1 Å². The maximum atomic E-state index is 5.98. The van der Waals surface area contributed by atoms with E-state index in [1.807, 2.05) is 30.5 Å². The monoisotopic (exact) mass is 327 g/mol. The number of aromatic nitrogens is 2. The van der Waals surface area contributed by atoms with E-state index in [9.17, 15) is 0 Å². The summed E-state index contributed by atoms with van der Waals surface area (Å²) in [6.45, 7) is 0. The molecular formula is C12H14BrN3OS. The molecule has 0 radical (unpaired) electrons. The summed E-state index contributed by atoms with van der Waals surface area (Å²) in [5.74, 6) is 2.06.